The van der Waals surface area contributed by atoms with E-state index in [2.05, 4.69) is 20.5 Å². The molecule has 8 heteroatoms. The Balaban J connectivity index is 1.87. The predicted octanol–water partition coefficient (Wildman–Crippen LogP) is 3.56. The first-order valence-corrected chi connectivity index (χ1v) is 8.11. The van der Waals surface area contributed by atoms with Gasteiger partial charge in [0.1, 0.15) is 11.5 Å². The summed E-state index contributed by atoms with van der Waals surface area (Å²) in [6.07, 6.45) is 1.68. The first-order valence-electron chi connectivity index (χ1n) is 8.11. The van der Waals surface area contributed by atoms with Crippen molar-refractivity contribution in [3.63, 3.8) is 0 Å². The van der Waals surface area contributed by atoms with Gasteiger partial charge < -0.3 is 5.73 Å². The molecule has 2 aromatic carbocycles. The van der Waals surface area contributed by atoms with Gasteiger partial charge in [-0.05, 0) is 52.7 Å². The van der Waals surface area contributed by atoms with Crippen LogP contribution in [0.25, 0.3) is 28.2 Å². The van der Waals surface area contributed by atoms with E-state index in [1.807, 2.05) is 31.2 Å². The molecule has 0 atom stereocenters. The highest BCUT2D eigenvalue weighted by Crippen LogP contribution is 2.31. The van der Waals surface area contributed by atoms with Gasteiger partial charge in [0.15, 0.2) is 17.5 Å². The van der Waals surface area contributed by atoms with Crippen molar-refractivity contribution in [2.24, 2.45) is 0 Å². The second-order valence-corrected chi connectivity index (χ2v) is 5.94. The number of nitrogens with zero attached hydrogens (tertiary/aromatic N) is 5. The normalized spacial score (nSPS) is 10.9. The summed E-state index contributed by atoms with van der Waals surface area (Å²) in [5, 5.41) is 11.5. The molecule has 2 heterocycles. The number of pyridine rings is 1. The molecular weight excluding hydrogens is 350 g/mol. The maximum atomic E-state index is 14.2. The molecule has 134 valence electrons. The quantitative estimate of drug-likeness (QED) is 0.601. The number of halogens is 2. The third-order valence-corrected chi connectivity index (χ3v) is 4.30. The fourth-order valence-electron chi connectivity index (χ4n) is 2.93. The molecule has 0 saturated carbocycles. The van der Waals surface area contributed by atoms with E-state index in [1.54, 1.807) is 12.3 Å². The highest BCUT2D eigenvalue weighted by Gasteiger charge is 2.19. The van der Waals surface area contributed by atoms with Gasteiger partial charge in [-0.1, -0.05) is 24.3 Å². The van der Waals surface area contributed by atoms with E-state index >= 15 is 0 Å². The summed E-state index contributed by atoms with van der Waals surface area (Å²) in [5.74, 6) is -1.24. The molecule has 0 radical (unpaired) electrons. The van der Waals surface area contributed by atoms with E-state index in [-0.39, 0.29) is 5.69 Å². The van der Waals surface area contributed by atoms with E-state index in [1.165, 1.54) is 16.8 Å². The average Bonchev–Trinajstić information content (AvgIpc) is 3.14. The minimum Gasteiger partial charge on any atom is -0.384 e. The van der Waals surface area contributed by atoms with Crippen LogP contribution in [0.2, 0.25) is 0 Å². The van der Waals surface area contributed by atoms with Gasteiger partial charge in [0, 0.05) is 17.3 Å². The molecular formula is C19H14F2N6. The largest absolute Gasteiger partial charge is 0.384 e. The lowest BCUT2D eigenvalue weighted by Gasteiger charge is -2.12. The summed E-state index contributed by atoms with van der Waals surface area (Å²) >= 11 is 0. The maximum Gasteiger partial charge on any atom is 0.187 e. The summed E-state index contributed by atoms with van der Waals surface area (Å²) in [7, 11) is 0. The summed E-state index contributed by atoms with van der Waals surface area (Å²) in [6.45, 7) is 1.90. The van der Waals surface area contributed by atoms with Gasteiger partial charge >= 0.3 is 0 Å². The molecule has 2 aromatic heterocycles. The Morgan fingerprint density at radius 3 is 2.52 bits per heavy atom. The topological polar surface area (TPSA) is 82.5 Å². The number of nitrogens with two attached hydrogens (primary N) is 1. The number of aromatic nitrogens is 5. The lowest BCUT2D eigenvalue weighted by molar-refractivity contribution is 0.501. The second-order valence-electron chi connectivity index (χ2n) is 5.94. The summed E-state index contributed by atoms with van der Waals surface area (Å²) in [5.41, 5.74) is 8.94. The van der Waals surface area contributed by atoms with Crippen molar-refractivity contribution in [3.05, 3.63) is 71.9 Å². The van der Waals surface area contributed by atoms with Gasteiger partial charge in [-0.15, -0.1) is 5.10 Å². The molecule has 6 nitrogen and oxygen atoms in total. The molecule has 27 heavy (non-hydrogen) atoms. The Morgan fingerprint density at radius 2 is 1.74 bits per heavy atom. The fourth-order valence-corrected chi connectivity index (χ4v) is 2.93. The van der Waals surface area contributed by atoms with E-state index in [0.29, 0.717) is 17.2 Å². The standard InChI is InChI=1S/C19H14F2N6/c1-11-13(12-8-9-17(22)23-10-12)4-2-5-14(11)19-24-25-26-27(19)16-7-3-6-15(20)18(16)21/h2-10H,1H3,(H2,22,23). The van der Waals surface area contributed by atoms with Crippen LogP contribution in [0.1, 0.15) is 5.56 Å². The van der Waals surface area contributed by atoms with Crippen molar-refractivity contribution in [3.8, 4) is 28.2 Å². The molecule has 4 rings (SSSR count). The molecule has 0 bridgehead atoms. The minimum atomic E-state index is -1.01. The van der Waals surface area contributed by atoms with Crippen LogP contribution < -0.4 is 5.73 Å². The summed E-state index contributed by atoms with van der Waals surface area (Å²) < 4.78 is 29.0. The van der Waals surface area contributed by atoms with Crippen LogP contribution in [0.4, 0.5) is 14.6 Å². The number of hydrogen-bond acceptors (Lipinski definition) is 5. The Hall–Kier alpha value is -3.68. The molecule has 2 N–H and O–H groups in total. The smallest absolute Gasteiger partial charge is 0.187 e. The number of tetrazole rings is 1. The lowest BCUT2D eigenvalue weighted by Crippen LogP contribution is -2.05. The summed E-state index contributed by atoms with van der Waals surface area (Å²) in [6, 6.07) is 13.0. The minimum absolute atomic E-state index is 0.0612. The van der Waals surface area contributed by atoms with Gasteiger partial charge in [-0.2, -0.15) is 4.68 Å². The van der Waals surface area contributed by atoms with E-state index in [0.717, 1.165) is 22.8 Å². The fraction of sp³-hybridized carbons (Fsp3) is 0.0526. The highest BCUT2D eigenvalue weighted by molar-refractivity contribution is 5.76. The van der Waals surface area contributed by atoms with E-state index in [4.69, 9.17) is 5.73 Å². The monoisotopic (exact) mass is 364 g/mol. The highest BCUT2D eigenvalue weighted by atomic mass is 19.2. The van der Waals surface area contributed by atoms with Crippen LogP contribution in [-0.2, 0) is 0 Å². The Bertz CT molecular complexity index is 1120. The number of anilines is 1. The number of rotatable bonds is 3. The van der Waals surface area contributed by atoms with Crippen molar-refractivity contribution in [2.45, 2.75) is 6.92 Å². The number of nitrogen functional groups attached to an aromatic ring is 1. The van der Waals surface area contributed by atoms with Crippen LogP contribution in [-0.4, -0.2) is 25.2 Å². The molecule has 0 aliphatic rings. The first-order chi connectivity index (χ1) is 13.1. The van der Waals surface area contributed by atoms with Crippen molar-refractivity contribution in [1.82, 2.24) is 25.2 Å². The number of benzene rings is 2. The molecule has 0 amide bonds. The van der Waals surface area contributed by atoms with Crippen molar-refractivity contribution in [2.75, 3.05) is 5.73 Å². The van der Waals surface area contributed by atoms with Gasteiger partial charge in [0.25, 0.3) is 0 Å². The van der Waals surface area contributed by atoms with Crippen molar-refractivity contribution < 1.29 is 8.78 Å². The number of hydrogen-bond donors (Lipinski definition) is 1. The molecule has 4 aromatic rings. The average molecular weight is 364 g/mol. The van der Waals surface area contributed by atoms with Crippen LogP contribution in [0.3, 0.4) is 0 Å². The molecule has 0 aliphatic heterocycles. The summed E-state index contributed by atoms with van der Waals surface area (Å²) in [4.78, 5) is 4.12. The van der Waals surface area contributed by atoms with Gasteiger partial charge in [0.05, 0.1) is 0 Å². The molecule has 0 spiro atoms. The zero-order chi connectivity index (χ0) is 19.0. The van der Waals surface area contributed by atoms with Crippen LogP contribution in [0.5, 0.6) is 0 Å². The molecule has 0 saturated heterocycles. The molecule has 0 unspecified atom stereocenters. The third-order valence-electron chi connectivity index (χ3n) is 4.30. The predicted molar refractivity (Wildman–Crippen MR) is 96.9 cm³/mol. The third kappa shape index (κ3) is 2.91. The SMILES string of the molecule is Cc1c(-c2ccc(N)nc2)cccc1-c1nnnn1-c1cccc(F)c1F. The Morgan fingerprint density at radius 1 is 0.963 bits per heavy atom. The zero-order valence-electron chi connectivity index (χ0n) is 14.3. The zero-order valence-corrected chi connectivity index (χ0v) is 14.3. The van der Waals surface area contributed by atoms with Crippen LogP contribution >= 0.6 is 0 Å². The van der Waals surface area contributed by atoms with Gasteiger partial charge in [-0.25, -0.2) is 13.8 Å². The molecule has 0 fully saturated rings. The van der Waals surface area contributed by atoms with Gasteiger partial charge in [-0.3, -0.25) is 0 Å². The molecule has 0 aliphatic carbocycles. The van der Waals surface area contributed by atoms with E-state index < -0.39 is 11.6 Å². The maximum absolute atomic E-state index is 14.2. The van der Waals surface area contributed by atoms with Gasteiger partial charge in [0.2, 0.25) is 0 Å². The van der Waals surface area contributed by atoms with Crippen molar-refractivity contribution >= 4 is 5.82 Å². The van der Waals surface area contributed by atoms with Crippen molar-refractivity contribution in [1.29, 1.82) is 0 Å². The van der Waals surface area contributed by atoms with Crippen LogP contribution in [0.15, 0.2) is 54.7 Å². The first kappa shape index (κ1) is 16.8. The second kappa shape index (κ2) is 6.56. The lowest BCUT2D eigenvalue weighted by atomic mass is 9.97. The van der Waals surface area contributed by atoms with E-state index in [9.17, 15) is 8.78 Å². The Labute approximate surface area is 153 Å². The Kier molecular flexibility index (Phi) is 4.08. The van der Waals surface area contributed by atoms with Crippen LogP contribution in [0, 0.1) is 18.6 Å².